The van der Waals surface area contributed by atoms with Gasteiger partial charge in [-0.05, 0) is 49.1 Å². The minimum absolute atomic E-state index is 0.0535. The Labute approximate surface area is 165 Å². The van der Waals surface area contributed by atoms with Crippen LogP contribution in [0.25, 0.3) is 21.8 Å². The first-order chi connectivity index (χ1) is 14.1. The molecular weight excluding hydrogens is 368 g/mol. The molecule has 0 saturated carbocycles. The molecule has 2 N–H and O–H groups in total. The summed E-state index contributed by atoms with van der Waals surface area (Å²) in [7, 11) is 0. The lowest BCUT2D eigenvalue weighted by Gasteiger charge is -2.10. The Hall–Kier alpha value is -3.74. The first kappa shape index (κ1) is 17.4. The third kappa shape index (κ3) is 3.00. The largest absolute Gasteiger partial charge is 0.324 e. The number of aromatic amines is 1. The molecule has 2 heterocycles. The van der Waals surface area contributed by atoms with E-state index in [9.17, 15) is 14.4 Å². The third-order valence-corrected chi connectivity index (χ3v) is 5.41. The first-order valence-corrected chi connectivity index (χ1v) is 9.52. The maximum absolute atomic E-state index is 12.5. The highest BCUT2D eigenvalue weighted by Gasteiger charge is 2.18. The molecule has 144 valence electrons. The number of aromatic nitrogens is 3. The van der Waals surface area contributed by atoms with Gasteiger partial charge in [0, 0.05) is 16.6 Å². The van der Waals surface area contributed by atoms with Crippen LogP contribution in [0.3, 0.4) is 0 Å². The summed E-state index contributed by atoms with van der Waals surface area (Å²) in [6, 6.07) is 12.5. The summed E-state index contributed by atoms with van der Waals surface area (Å²) in [5.74, 6) is -0.341. The summed E-state index contributed by atoms with van der Waals surface area (Å²) in [6.45, 7) is -0.143. The molecule has 0 atom stereocenters. The normalized spacial score (nSPS) is 13.0. The quantitative estimate of drug-likeness (QED) is 0.565. The number of H-pyrrole nitrogens is 1. The van der Waals surface area contributed by atoms with Crippen LogP contribution in [0.15, 0.2) is 58.4 Å². The predicted octanol–water partition coefficient (Wildman–Crippen LogP) is 2.37. The smallest absolute Gasteiger partial charge is 0.261 e. The van der Waals surface area contributed by atoms with E-state index in [4.69, 9.17) is 0 Å². The van der Waals surface area contributed by atoms with E-state index in [0.717, 1.165) is 35.8 Å². The van der Waals surface area contributed by atoms with Gasteiger partial charge in [-0.3, -0.25) is 19.0 Å². The molecule has 0 aliphatic heterocycles. The number of aryl methyl sites for hydroxylation is 1. The Morgan fingerprint density at radius 1 is 1.07 bits per heavy atom. The first-order valence-electron chi connectivity index (χ1n) is 9.52. The number of amides is 1. The molecule has 0 radical (unpaired) electrons. The summed E-state index contributed by atoms with van der Waals surface area (Å²) >= 11 is 0. The SMILES string of the molecule is O=C(Cn1cnc2ccccc2c1=O)Nc1ccc2c3c(c(=O)[nH]c2c1)CCC3. The zero-order valence-corrected chi connectivity index (χ0v) is 15.6. The Balaban J connectivity index is 1.42. The fraction of sp³-hybridized carbons (Fsp3) is 0.182. The van der Waals surface area contributed by atoms with Crippen molar-refractivity contribution in [1.82, 2.24) is 14.5 Å². The minimum atomic E-state index is -0.341. The highest BCUT2D eigenvalue weighted by atomic mass is 16.2. The average molecular weight is 386 g/mol. The number of rotatable bonds is 3. The molecule has 2 aromatic heterocycles. The molecule has 5 rings (SSSR count). The summed E-state index contributed by atoms with van der Waals surface area (Å²) in [4.78, 5) is 44.4. The molecule has 29 heavy (non-hydrogen) atoms. The minimum Gasteiger partial charge on any atom is -0.324 e. The fourth-order valence-corrected chi connectivity index (χ4v) is 4.05. The number of benzene rings is 2. The molecule has 0 saturated heterocycles. The van der Waals surface area contributed by atoms with Crippen molar-refractivity contribution in [3.63, 3.8) is 0 Å². The topological polar surface area (TPSA) is 96.8 Å². The number of carbonyl (C=O) groups excluding carboxylic acids is 1. The molecule has 1 aliphatic carbocycles. The molecule has 1 aliphatic rings. The van der Waals surface area contributed by atoms with Crippen molar-refractivity contribution in [2.24, 2.45) is 0 Å². The molecule has 4 aromatic rings. The number of pyridine rings is 1. The van der Waals surface area contributed by atoms with Crippen molar-refractivity contribution < 1.29 is 4.79 Å². The van der Waals surface area contributed by atoms with Crippen molar-refractivity contribution >= 4 is 33.4 Å². The van der Waals surface area contributed by atoms with Crippen LogP contribution in [-0.2, 0) is 24.2 Å². The molecule has 2 aromatic carbocycles. The Morgan fingerprint density at radius 2 is 1.90 bits per heavy atom. The van der Waals surface area contributed by atoms with Gasteiger partial charge in [-0.1, -0.05) is 18.2 Å². The molecule has 0 unspecified atom stereocenters. The number of hydrogen-bond donors (Lipinski definition) is 2. The van der Waals surface area contributed by atoms with E-state index in [-0.39, 0.29) is 23.6 Å². The van der Waals surface area contributed by atoms with Gasteiger partial charge in [0.1, 0.15) is 6.54 Å². The lowest BCUT2D eigenvalue weighted by atomic mass is 10.1. The highest BCUT2D eigenvalue weighted by molar-refractivity contribution is 5.94. The van der Waals surface area contributed by atoms with Crippen molar-refractivity contribution in [3.8, 4) is 0 Å². The Morgan fingerprint density at radius 3 is 2.79 bits per heavy atom. The molecular formula is C22H18N4O3. The second-order valence-corrected chi connectivity index (χ2v) is 7.27. The van der Waals surface area contributed by atoms with Crippen LogP contribution < -0.4 is 16.4 Å². The van der Waals surface area contributed by atoms with Crippen molar-refractivity contribution in [2.75, 3.05) is 5.32 Å². The van der Waals surface area contributed by atoms with Crippen LogP contribution in [0.2, 0.25) is 0 Å². The zero-order valence-electron chi connectivity index (χ0n) is 15.6. The van der Waals surface area contributed by atoms with Gasteiger partial charge >= 0.3 is 0 Å². The zero-order chi connectivity index (χ0) is 20.0. The van der Waals surface area contributed by atoms with Crippen LogP contribution in [0, 0.1) is 0 Å². The molecule has 7 nitrogen and oxygen atoms in total. The molecule has 1 amide bonds. The second-order valence-electron chi connectivity index (χ2n) is 7.27. The number of anilines is 1. The van der Waals surface area contributed by atoms with E-state index in [1.165, 1.54) is 10.9 Å². The van der Waals surface area contributed by atoms with Gasteiger partial charge in [0.2, 0.25) is 5.91 Å². The lowest BCUT2D eigenvalue weighted by molar-refractivity contribution is -0.116. The summed E-state index contributed by atoms with van der Waals surface area (Å²) in [5.41, 5.74) is 3.54. The van der Waals surface area contributed by atoms with E-state index in [1.54, 1.807) is 24.3 Å². The molecule has 7 heteroatoms. The summed E-state index contributed by atoms with van der Waals surface area (Å²) in [5, 5.41) is 4.29. The van der Waals surface area contributed by atoms with Crippen molar-refractivity contribution in [3.05, 3.63) is 80.6 Å². The molecule has 0 spiro atoms. The van der Waals surface area contributed by atoms with Gasteiger partial charge in [0.05, 0.1) is 22.7 Å². The van der Waals surface area contributed by atoms with E-state index < -0.39 is 0 Å². The standard InChI is InChI=1S/C22H18N4O3/c27-20(11-26-12-23-18-7-2-1-4-17(18)22(26)29)24-13-8-9-15-14-5-3-6-16(14)21(28)25-19(15)10-13/h1-2,4,7-10,12H,3,5-6,11H2,(H,24,27)(H,25,28). The van der Waals surface area contributed by atoms with E-state index >= 15 is 0 Å². The monoisotopic (exact) mass is 386 g/mol. The number of nitrogens with one attached hydrogen (secondary N) is 2. The van der Waals surface area contributed by atoms with Crippen LogP contribution in [0.4, 0.5) is 5.69 Å². The number of para-hydroxylation sites is 1. The summed E-state index contributed by atoms with van der Waals surface area (Å²) in [6.07, 6.45) is 4.09. The van der Waals surface area contributed by atoms with E-state index in [0.29, 0.717) is 22.1 Å². The number of hydrogen-bond acceptors (Lipinski definition) is 4. The van der Waals surface area contributed by atoms with Crippen molar-refractivity contribution in [2.45, 2.75) is 25.8 Å². The third-order valence-electron chi connectivity index (χ3n) is 5.41. The molecule has 0 fully saturated rings. The Bertz CT molecular complexity index is 1400. The van der Waals surface area contributed by atoms with Gasteiger partial charge in [0.25, 0.3) is 11.1 Å². The van der Waals surface area contributed by atoms with Crippen LogP contribution in [-0.4, -0.2) is 20.4 Å². The fourth-order valence-electron chi connectivity index (χ4n) is 4.05. The van der Waals surface area contributed by atoms with Gasteiger partial charge in [-0.25, -0.2) is 4.98 Å². The van der Waals surface area contributed by atoms with E-state index in [1.807, 2.05) is 18.2 Å². The predicted molar refractivity (Wildman–Crippen MR) is 111 cm³/mol. The van der Waals surface area contributed by atoms with Gasteiger partial charge in [-0.15, -0.1) is 0 Å². The maximum atomic E-state index is 12.5. The number of carbonyl (C=O) groups is 1. The van der Waals surface area contributed by atoms with Crippen LogP contribution >= 0.6 is 0 Å². The maximum Gasteiger partial charge on any atom is 0.261 e. The lowest BCUT2D eigenvalue weighted by Crippen LogP contribution is -2.27. The number of fused-ring (bicyclic) bond motifs is 4. The van der Waals surface area contributed by atoms with E-state index in [2.05, 4.69) is 15.3 Å². The Kier molecular flexibility index (Phi) is 4.01. The average Bonchev–Trinajstić information content (AvgIpc) is 3.21. The van der Waals surface area contributed by atoms with Crippen LogP contribution in [0.5, 0.6) is 0 Å². The molecule has 0 bridgehead atoms. The van der Waals surface area contributed by atoms with Gasteiger partial charge in [0.15, 0.2) is 0 Å². The summed E-state index contributed by atoms with van der Waals surface area (Å²) < 4.78 is 1.29. The highest BCUT2D eigenvalue weighted by Crippen LogP contribution is 2.27. The van der Waals surface area contributed by atoms with Gasteiger partial charge in [-0.2, -0.15) is 0 Å². The van der Waals surface area contributed by atoms with Crippen LogP contribution in [0.1, 0.15) is 17.5 Å². The van der Waals surface area contributed by atoms with Gasteiger partial charge < -0.3 is 10.3 Å². The second kappa shape index (κ2) is 6.70. The van der Waals surface area contributed by atoms with Crippen molar-refractivity contribution in [1.29, 1.82) is 0 Å². The number of nitrogens with zero attached hydrogens (tertiary/aromatic N) is 2.